The van der Waals surface area contributed by atoms with Gasteiger partial charge in [-0.2, -0.15) is 0 Å². The number of nitrogens with one attached hydrogen (secondary N) is 2. The molecule has 260 valence electrons. The van der Waals surface area contributed by atoms with E-state index in [-0.39, 0.29) is 23.4 Å². The number of hydrogen-bond acceptors (Lipinski definition) is 2. The minimum absolute atomic E-state index is 0.0639. The maximum Gasteiger partial charge on any atom is 0.171 e. The van der Waals surface area contributed by atoms with Crippen molar-refractivity contribution in [2.75, 3.05) is 0 Å². The summed E-state index contributed by atoms with van der Waals surface area (Å²) in [5.74, 6) is 0.141. The number of aromatic nitrogens is 2. The number of fused-ring (bicyclic) bond motifs is 2. The molecule has 0 spiro atoms. The van der Waals surface area contributed by atoms with Crippen LogP contribution in [-0.4, -0.2) is 21.5 Å². The zero-order chi connectivity index (χ0) is 36.5. The predicted molar refractivity (Wildman–Crippen MR) is 218 cm³/mol. The molecule has 4 heteroatoms. The number of H-pyrrole nitrogens is 2. The maximum atomic E-state index is 13.4. The monoisotopic (exact) mass is 698 g/mol. The van der Waals surface area contributed by atoms with Gasteiger partial charge in [-0.1, -0.05) is 170 Å². The molecule has 2 aromatic heterocycles. The highest BCUT2D eigenvalue weighted by molar-refractivity contribution is 6.08. The Morgan fingerprint density at radius 3 is 1.00 bits per heavy atom. The van der Waals surface area contributed by atoms with E-state index in [4.69, 9.17) is 0 Å². The van der Waals surface area contributed by atoms with Crippen molar-refractivity contribution in [1.29, 1.82) is 0 Å². The molecule has 0 saturated carbocycles. The lowest BCUT2D eigenvalue weighted by Gasteiger charge is -2.35. The Morgan fingerprint density at radius 1 is 0.370 bits per heavy atom. The van der Waals surface area contributed by atoms with Crippen molar-refractivity contribution >= 4 is 33.4 Å². The van der Waals surface area contributed by atoms with Crippen molar-refractivity contribution in [1.82, 2.24) is 9.97 Å². The number of hydrogen-bond donors (Lipinski definition) is 2. The zero-order valence-electron chi connectivity index (χ0n) is 29.6. The molecular weight excluding hydrogens is 661 g/mol. The van der Waals surface area contributed by atoms with Gasteiger partial charge in [0.05, 0.1) is 10.8 Å². The first kappa shape index (κ1) is 33.1. The number of ketones is 2. The maximum absolute atomic E-state index is 13.4. The number of para-hydroxylation sites is 2. The SMILES string of the molecule is O=C1C=C[C@@H](c2c[nH]c3ccccc23)C1(c1ccccc1)c1ccccc1.O=C1C=C[C@@H](c2c[nH]c3ccccc23)C1(c1ccccc1)c1ccccc1. The first-order valence-corrected chi connectivity index (χ1v) is 18.4. The Balaban J connectivity index is 0.000000142. The molecule has 0 bridgehead atoms. The predicted octanol–water partition coefficient (Wildman–Crippen LogP) is 10.8. The Labute approximate surface area is 314 Å². The molecule has 2 aliphatic carbocycles. The van der Waals surface area contributed by atoms with Crippen LogP contribution in [0.1, 0.15) is 45.2 Å². The van der Waals surface area contributed by atoms with E-state index < -0.39 is 10.8 Å². The summed E-state index contributed by atoms with van der Waals surface area (Å²) in [6.45, 7) is 0. The van der Waals surface area contributed by atoms with Crippen molar-refractivity contribution in [3.63, 3.8) is 0 Å². The number of benzene rings is 6. The quantitative estimate of drug-likeness (QED) is 0.182. The second-order valence-electron chi connectivity index (χ2n) is 14.1. The molecule has 10 rings (SSSR count). The van der Waals surface area contributed by atoms with E-state index in [1.54, 1.807) is 12.2 Å². The molecule has 0 radical (unpaired) electrons. The van der Waals surface area contributed by atoms with Crippen molar-refractivity contribution in [2.45, 2.75) is 22.7 Å². The van der Waals surface area contributed by atoms with Gasteiger partial charge < -0.3 is 9.97 Å². The van der Waals surface area contributed by atoms with Crippen LogP contribution in [0.15, 0.2) is 207 Å². The summed E-state index contributed by atoms with van der Waals surface area (Å²) in [4.78, 5) is 33.6. The summed E-state index contributed by atoms with van der Waals surface area (Å²) in [6, 6.07) is 57.2. The first-order valence-electron chi connectivity index (χ1n) is 18.4. The third-order valence-corrected chi connectivity index (χ3v) is 11.4. The normalized spacial score (nSPS) is 18.2. The average molecular weight is 699 g/mol. The summed E-state index contributed by atoms with van der Waals surface area (Å²) < 4.78 is 0. The van der Waals surface area contributed by atoms with E-state index in [0.717, 1.165) is 55.2 Å². The summed E-state index contributed by atoms with van der Waals surface area (Å²) in [5, 5.41) is 2.33. The molecule has 0 aliphatic heterocycles. The van der Waals surface area contributed by atoms with Gasteiger partial charge in [-0.25, -0.2) is 0 Å². The third-order valence-electron chi connectivity index (χ3n) is 11.4. The molecule has 4 nitrogen and oxygen atoms in total. The molecular formula is C50H38N2O2. The fourth-order valence-corrected chi connectivity index (χ4v) is 9.03. The first-order chi connectivity index (χ1) is 26.6. The molecule has 2 heterocycles. The number of carbonyl (C=O) groups excluding carboxylic acids is 2. The summed E-state index contributed by atoms with van der Waals surface area (Å²) in [7, 11) is 0. The van der Waals surface area contributed by atoms with Crippen LogP contribution in [0.25, 0.3) is 21.8 Å². The number of rotatable bonds is 6. The molecule has 0 fully saturated rings. The van der Waals surface area contributed by atoms with Crippen molar-refractivity contribution in [3.05, 3.63) is 240 Å². The van der Waals surface area contributed by atoms with E-state index in [9.17, 15) is 9.59 Å². The molecule has 2 N–H and O–H groups in total. The second-order valence-corrected chi connectivity index (χ2v) is 14.1. The van der Waals surface area contributed by atoms with Gasteiger partial charge in [-0.3, -0.25) is 9.59 Å². The molecule has 2 atom stereocenters. The highest BCUT2D eigenvalue weighted by atomic mass is 16.1. The molecule has 0 saturated heterocycles. The Kier molecular flexibility index (Phi) is 8.36. The topological polar surface area (TPSA) is 65.7 Å². The van der Waals surface area contributed by atoms with Crippen LogP contribution in [0, 0.1) is 0 Å². The minimum atomic E-state index is -0.743. The lowest BCUT2D eigenvalue weighted by Crippen LogP contribution is -2.38. The zero-order valence-corrected chi connectivity index (χ0v) is 29.6. The van der Waals surface area contributed by atoms with Crippen molar-refractivity contribution in [2.24, 2.45) is 0 Å². The van der Waals surface area contributed by atoms with Gasteiger partial charge in [0.15, 0.2) is 11.6 Å². The van der Waals surface area contributed by atoms with Crippen LogP contribution in [-0.2, 0) is 20.4 Å². The fraction of sp³-hybridized carbons (Fsp3) is 0.0800. The number of carbonyl (C=O) groups is 2. The minimum Gasteiger partial charge on any atom is -0.361 e. The summed E-state index contributed by atoms with van der Waals surface area (Å²) in [6.07, 6.45) is 11.8. The Bertz CT molecular complexity index is 2390. The van der Waals surface area contributed by atoms with Crippen LogP contribution in [0.4, 0.5) is 0 Å². The van der Waals surface area contributed by atoms with E-state index in [1.165, 1.54) is 0 Å². The van der Waals surface area contributed by atoms with Gasteiger partial charge in [0.2, 0.25) is 0 Å². The molecule has 54 heavy (non-hydrogen) atoms. The second kappa shape index (κ2) is 13.6. The molecule has 2 aliphatic rings. The van der Waals surface area contributed by atoms with Crippen LogP contribution >= 0.6 is 0 Å². The lowest BCUT2D eigenvalue weighted by atomic mass is 9.64. The molecule has 0 unspecified atom stereocenters. The van der Waals surface area contributed by atoms with Crippen LogP contribution in [0.3, 0.4) is 0 Å². The largest absolute Gasteiger partial charge is 0.361 e. The lowest BCUT2D eigenvalue weighted by molar-refractivity contribution is -0.118. The van der Waals surface area contributed by atoms with Crippen molar-refractivity contribution < 1.29 is 9.59 Å². The standard InChI is InChI=1S/2C25H19NO/c2*27-24-16-15-22(21-17-26-23-14-8-7-13-20(21)23)25(24,18-9-3-1-4-10-18)19-11-5-2-6-12-19/h2*1-17,22,26H/t2*22-/m00/s1. The van der Waals surface area contributed by atoms with E-state index in [2.05, 4.69) is 107 Å². The van der Waals surface area contributed by atoms with Gasteiger partial charge in [0.1, 0.15) is 0 Å². The van der Waals surface area contributed by atoms with Gasteiger partial charge in [-0.15, -0.1) is 0 Å². The number of allylic oxidation sites excluding steroid dienone is 4. The molecule has 0 amide bonds. The molecule has 8 aromatic rings. The highest BCUT2D eigenvalue weighted by Crippen LogP contribution is 2.52. The third kappa shape index (κ3) is 5.14. The van der Waals surface area contributed by atoms with E-state index >= 15 is 0 Å². The smallest absolute Gasteiger partial charge is 0.171 e. The van der Waals surface area contributed by atoms with Gasteiger partial charge in [-0.05, 0) is 57.7 Å². The van der Waals surface area contributed by atoms with E-state index in [1.807, 2.05) is 97.1 Å². The molecule has 6 aromatic carbocycles. The Morgan fingerprint density at radius 2 is 0.667 bits per heavy atom. The van der Waals surface area contributed by atoms with Crippen molar-refractivity contribution in [3.8, 4) is 0 Å². The van der Waals surface area contributed by atoms with Crippen LogP contribution < -0.4 is 0 Å². The Hall–Kier alpha value is -6.78. The fourth-order valence-electron chi connectivity index (χ4n) is 9.03. The van der Waals surface area contributed by atoms with Gasteiger partial charge in [0.25, 0.3) is 0 Å². The van der Waals surface area contributed by atoms with Crippen LogP contribution in [0.2, 0.25) is 0 Å². The van der Waals surface area contributed by atoms with Crippen LogP contribution in [0.5, 0.6) is 0 Å². The summed E-state index contributed by atoms with van der Waals surface area (Å²) in [5.41, 5.74) is 7.12. The highest BCUT2D eigenvalue weighted by Gasteiger charge is 2.52. The summed E-state index contributed by atoms with van der Waals surface area (Å²) >= 11 is 0. The van der Waals surface area contributed by atoms with Gasteiger partial charge >= 0.3 is 0 Å². The van der Waals surface area contributed by atoms with Gasteiger partial charge in [0, 0.05) is 46.0 Å². The van der Waals surface area contributed by atoms with E-state index in [0.29, 0.717) is 0 Å². The number of aromatic amines is 2. The average Bonchev–Trinajstić information content (AvgIpc) is 4.03.